The largest absolute Gasteiger partial charge is 0.496 e. The number of hydrogen-bond acceptors (Lipinski definition) is 10. The first-order chi connectivity index (χ1) is 24.1. The van der Waals surface area contributed by atoms with E-state index < -0.39 is 23.0 Å². The second kappa shape index (κ2) is 15.9. The molecule has 13 heteroatoms. The van der Waals surface area contributed by atoms with Crippen molar-refractivity contribution < 1.29 is 42.9 Å². The number of rotatable bonds is 12. The van der Waals surface area contributed by atoms with Crippen LogP contribution in [0, 0.1) is 0 Å². The number of imide groups is 1. The average molecular weight is 696 g/mol. The molecule has 0 radical (unpaired) electrons. The summed E-state index contributed by atoms with van der Waals surface area (Å²) in [5.74, 6) is -1.18. The highest BCUT2D eigenvalue weighted by Crippen LogP contribution is 2.36. The van der Waals surface area contributed by atoms with Crippen LogP contribution in [0.2, 0.25) is 0 Å². The fourth-order valence-corrected chi connectivity index (χ4v) is 6.13. The van der Waals surface area contributed by atoms with E-state index in [2.05, 4.69) is 10.6 Å². The fraction of sp³-hybridized carbons (Fsp3) is 0.162. The Labute approximate surface area is 292 Å². The summed E-state index contributed by atoms with van der Waals surface area (Å²) >= 11 is 1.22. The molecule has 50 heavy (non-hydrogen) atoms. The molecule has 1 atom stereocenters. The summed E-state index contributed by atoms with van der Waals surface area (Å²) in [6.45, 7) is 0. The average Bonchev–Trinajstić information content (AvgIpc) is 3.42. The van der Waals surface area contributed by atoms with Gasteiger partial charge < -0.3 is 29.6 Å². The summed E-state index contributed by atoms with van der Waals surface area (Å²) in [7, 11) is 5.71. The first-order valence-electron chi connectivity index (χ1n) is 15.2. The summed E-state index contributed by atoms with van der Waals surface area (Å²) < 4.78 is 21.0. The number of carbonyl (C=O) groups is 5. The first kappa shape index (κ1) is 35.2. The van der Waals surface area contributed by atoms with Crippen molar-refractivity contribution in [3.05, 3.63) is 113 Å². The van der Waals surface area contributed by atoms with E-state index in [1.54, 1.807) is 66.7 Å². The van der Waals surface area contributed by atoms with Crippen LogP contribution < -0.4 is 29.7 Å². The van der Waals surface area contributed by atoms with Crippen molar-refractivity contribution >= 4 is 58.8 Å². The SMILES string of the molecule is COC(=O)c1ccc(N2C(=O)CC(Sc3ccc(NC(=O)/C(=C/c4cc(OC)c(OC)cc4OC)NC(=O)c4ccccc4)cc3)C2=O)cc1. The number of thioether (sulfide) groups is 1. The third-order valence-electron chi connectivity index (χ3n) is 7.61. The molecule has 1 fully saturated rings. The van der Waals surface area contributed by atoms with Gasteiger partial charge >= 0.3 is 5.97 Å². The molecule has 0 aromatic heterocycles. The Hall–Kier alpha value is -6.08. The highest BCUT2D eigenvalue weighted by Gasteiger charge is 2.40. The third kappa shape index (κ3) is 7.96. The zero-order valence-electron chi connectivity index (χ0n) is 27.6. The minimum absolute atomic E-state index is 0.00435. The molecule has 0 spiro atoms. The quantitative estimate of drug-likeness (QED) is 0.113. The lowest BCUT2D eigenvalue weighted by atomic mass is 10.1. The van der Waals surface area contributed by atoms with Gasteiger partial charge in [-0.1, -0.05) is 18.2 Å². The van der Waals surface area contributed by atoms with Crippen molar-refractivity contribution in [1.29, 1.82) is 0 Å². The Morgan fingerprint density at radius 3 is 2.04 bits per heavy atom. The van der Waals surface area contributed by atoms with Crippen LogP contribution in [0.3, 0.4) is 0 Å². The van der Waals surface area contributed by atoms with Gasteiger partial charge in [-0.3, -0.25) is 19.2 Å². The minimum atomic E-state index is -0.664. The van der Waals surface area contributed by atoms with Crippen LogP contribution in [-0.2, 0) is 19.1 Å². The molecule has 256 valence electrons. The molecule has 2 N–H and O–H groups in total. The van der Waals surface area contributed by atoms with Crippen LogP contribution in [-0.4, -0.2) is 63.3 Å². The molecule has 1 heterocycles. The molecular weight excluding hydrogens is 662 g/mol. The van der Waals surface area contributed by atoms with Gasteiger partial charge in [0.1, 0.15) is 11.4 Å². The number of nitrogens with zero attached hydrogens (tertiary/aromatic N) is 1. The number of benzene rings is 4. The lowest BCUT2D eigenvalue weighted by Crippen LogP contribution is -2.31. The molecule has 1 unspecified atom stereocenters. The Balaban J connectivity index is 1.32. The van der Waals surface area contributed by atoms with E-state index in [0.717, 1.165) is 4.90 Å². The van der Waals surface area contributed by atoms with Gasteiger partial charge in [0, 0.05) is 34.2 Å². The van der Waals surface area contributed by atoms with E-state index in [0.29, 0.717) is 50.2 Å². The van der Waals surface area contributed by atoms with E-state index in [1.165, 1.54) is 70.5 Å². The molecule has 0 bridgehead atoms. The fourth-order valence-electron chi connectivity index (χ4n) is 5.07. The van der Waals surface area contributed by atoms with Gasteiger partial charge in [-0.25, -0.2) is 9.69 Å². The Morgan fingerprint density at radius 1 is 0.780 bits per heavy atom. The van der Waals surface area contributed by atoms with Crippen LogP contribution in [0.15, 0.2) is 102 Å². The van der Waals surface area contributed by atoms with Gasteiger partial charge in [-0.2, -0.15) is 0 Å². The number of amides is 4. The monoisotopic (exact) mass is 695 g/mol. The van der Waals surface area contributed by atoms with E-state index in [4.69, 9.17) is 18.9 Å². The van der Waals surface area contributed by atoms with E-state index in [-0.39, 0.29) is 23.9 Å². The van der Waals surface area contributed by atoms with E-state index in [1.807, 2.05) is 0 Å². The predicted molar refractivity (Wildman–Crippen MR) is 188 cm³/mol. The van der Waals surface area contributed by atoms with Gasteiger partial charge in [0.05, 0.1) is 44.9 Å². The molecule has 0 aliphatic carbocycles. The normalized spacial score (nSPS) is 14.2. The van der Waals surface area contributed by atoms with Crippen molar-refractivity contribution in [3.63, 3.8) is 0 Å². The van der Waals surface area contributed by atoms with Crippen LogP contribution in [0.25, 0.3) is 6.08 Å². The molecule has 4 aromatic carbocycles. The van der Waals surface area contributed by atoms with Gasteiger partial charge in [0.15, 0.2) is 11.5 Å². The number of hydrogen-bond donors (Lipinski definition) is 2. The lowest BCUT2D eigenvalue weighted by Gasteiger charge is -2.16. The molecule has 4 amide bonds. The maximum absolute atomic E-state index is 13.6. The topological polar surface area (TPSA) is 150 Å². The van der Waals surface area contributed by atoms with Gasteiger partial charge in [0.2, 0.25) is 11.8 Å². The van der Waals surface area contributed by atoms with Crippen LogP contribution in [0.5, 0.6) is 17.2 Å². The van der Waals surface area contributed by atoms with Gasteiger partial charge in [0.25, 0.3) is 11.8 Å². The first-order valence-corrected chi connectivity index (χ1v) is 16.0. The van der Waals surface area contributed by atoms with E-state index in [9.17, 15) is 24.0 Å². The van der Waals surface area contributed by atoms with E-state index >= 15 is 0 Å². The maximum Gasteiger partial charge on any atom is 0.337 e. The molecule has 1 aliphatic rings. The van der Waals surface area contributed by atoms with Gasteiger partial charge in [-0.15, -0.1) is 11.8 Å². The number of nitrogens with one attached hydrogen (secondary N) is 2. The lowest BCUT2D eigenvalue weighted by molar-refractivity contribution is -0.121. The molecule has 1 aliphatic heterocycles. The number of esters is 1. The Kier molecular flexibility index (Phi) is 11.2. The Morgan fingerprint density at radius 2 is 1.42 bits per heavy atom. The summed E-state index contributed by atoms with van der Waals surface area (Å²) in [6.07, 6.45) is 1.47. The van der Waals surface area contributed by atoms with Crippen LogP contribution in [0.4, 0.5) is 11.4 Å². The smallest absolute Gasteiger partial charge is 0.337 e. The third-order valence-corrected chi connectivity index (χ3v) is 8.80. The van der Waals surface area contributed by atoms with Gasteiger partial charge in [-0.05, 0) is 72.8 Å². The van der Waals surface area contributed by atoms with Crippen molar-refractivity contribution in [1.82, 2.24) is 5.32 Å². The highest BCUT2D eigenvalue weighted by atomic mass is 32.2. The predicted octanol–water partition coefficient (Wildman–Crippen LogP) is 5.33. The molecule has 1 saturated heterocycles. The van der Waals surface area contributed by atoms with Crippen molar-refractivity contribution in [2.24, 2.45) is 0 Å². The minimum Gasteiger partial charge on any atom is -0.496 e. The number of ether oxygens (including phenoxy) is 4. The molecule has 12 nitrogen and oxygen atoms in total. The standard InChI is InChI=1S/C37H33N3O9S/c1-46-29-20-31(48-3)30(47-2)19-24(29)18-28(39-34(42)22-8-6-5-7-9-22)35(43)38-25-12-16-27(17-13-25)50-32-21-33(41)40(36(32)44)26-14-10-23(11-15-26)37(45)49-4/h5-20,32H,21H2,1-4H3,(H,38,43)(H,39,42)/b28-18-. The molecule has 5 rings (SSSR count). The summed E-state index contributed by atoms with van der Waals surface area (Å²) in [5.41, 5.74) is 1.80. The number of anilines is 2. The second-order valence-electron chi connectivity index (χ2n) is 10.7. The van der Waals surface area contributed by atoms with Crippen LogP contribution >= 0.6 is 11.8 Å². The number of methoxy groups -OCH3 is 4. The molecule has 4 aromatic rings. The highest BCUT2D eigenvalue weighted by molar-refractivity contribution is 8.00. The zero-order valence-corrected chi connectivity index (χ0v) is 28.4. The molecular formula is C37H33N3O9S. The summed E-state index contributed by atoms with van der Waals surface area (Å²) in [4.78, 5) is 66.3. The second-order valence-corrected chi connectivity index (χ2v) is 12.0. The number of carbonyl (C=O) groups excluding carboxylic acids is 5. The maximum atomic E-state index is 13.6. The van der Waals surface area contributed by atoms with Crippen molar-refractivity contribution in [2.75, 3.05) is 38.7 Å². The van der Waals surface area contributed by atoms with Crippen molar-refractivity contribution in [2.45, 2.75) is 16.6 Å². The summed E-state index contributed by atoms with van der Waals surface area (Å²) in [5, 5.41) is 4.83. The van der Waals surface area contributed by atoms with Crippen LogP contribution in [0.1, 0.15) is 32.7 Å². The zero-order chi connectivity index (χ0) is 35.8. The summed E-state index contributed by atoms with van der Waals surface area (Å²) in [6, 6.07) is 24.5. The molecule has 0 saturated carbocycles. The van der Waals surface area contributed by atoms with Crippen molar-refractivity contribution in [3.8, 4) is 17.2 Å². The Bertz CT molecular complexity index is 1950.